The van der Waals surface area contributed by atoms with Crippen LogP contribution in [0.4, 0.5) is 0 Å². The van der Waals surface area contributed by atoms with Crippen molar-refractivity contribution in [2.24, 2.45) is 0 Å². The molecule has 0 spiro atoms. The van der Waals surface area contributed by atoms with Crippen LogP contribution >= 0.6 is 0 Å². The second-order valence-electron chi connectivity index (χ2n) is 4.78. The van der Waals surface area contributed by atoms with E-state index in [1.807, 2.05) is 0 Å². The van der Waals surface area contributed by atoms with Crippen molar-refractivity contribution in [2.45, 2.75) is 49.8 Å². The summed E-state index contributed by atoms with van der Waals surface area (Å²) in [6, 6.07) is 0. The van der Waals surface area contributed by atoms with Gasteiger partial charge in [-0.25, -0.2) is 9.59 Å². The van der Waals surface area contributed by atoms with E-state index in [0.29, 0.717) is 12.2 Å². The van der Waals surface area contributed by atoms with E-state index in [1.165, 1.54) is 0 Å². The molecule has 0 saturated carbocycles. The van der Waals surface area contributed by atoms with Crippen LogP contribution in [0, 0.1) is 0 Å². The van der Waals surface area contributed by atoms with Gasteiger partial charge < -0.3 is 29.3 Å². The average molecular weight is 463 g/mol. The molecule has 0 bridgehead atoms. The summed E-state index contributed by atoms with van der Waals surface area (Å²) >= 11 is 0.230. The molecule has 9 heteroatoms. The molecule has 0 atom stereocenters. The average Bonchev–Trinajstić information content (AvgIpc) is 2.43. The molecule has 0 aliphatic rings. The Morgan fingerprint density at radius 2 is 0.960 bits per heavy atom. The van der Waals surface area contributed by atoms with E-state index in [0.717, 1.165) is 12.2 Å². The van der Waals surface area contributed by atoms with Crippen molar-refractivity contribution in [3.8, 4) is 0 Å². The Hall–Kier alpha value is -1.84. The van der Waals surface area contributed by atoms with E-state index in [4.69, 9.17) is 0 Å². The van der Waals surface area contributed by atoms with Gasteiger partial charge in [0.05, 0.1) is 24.1 Å². The summed E-state index contributed by atoms with van der Waals surface area (Å²) in [6.45, 7) is 6.69. The summed E-state index contributed by atoms with van der Waals surface area (Å²) in [6.07, 6.45) is 2.41. The van der Waals surface area contributed by atoms with Crippen LogP contribution in [0.3, 0.4) is 0 Å². The molecule has 0 radical (unpaired) electrons. The molecule has 0 N–H and O–H groups in total. The van der Waals surface area contributed by atoms with Crippen molar-refractivity contribution in [1.82, 2.24) is 0 Å². The molecule has 0 saturated heterocycles. The minimum absolute atomic E-state index is 0.230. The number of aliphatic carboxylic acids is 2. The summed E-state index contributed by atoms with van der Waals surface area (Å²) in [4.78, 5) is 45.3. The van der Waals surface area contributed by atoms with Crippen LogP contribution < -0.4 is 10.2 Å². The summed E-state index contributed by atoms with van der Waals surface area (Å²) in [7, 11) is 0. The quantitative estimate of drug-likeness (QED) is 0.286. The molecule has 0 aliphatic heterocycles. The molecule has 0 heterocycles. The second-order valence-corrected chi connectivity index (χ2v) is 7.63. The number of hydrogen-bond donors (Lipinski definition) is 0. The number of carbonyl (C=O) groups is 4. The number of carboxylic acids is 2. The Morgan fingerprint density at radius 1 is 0.720 bits per heavy atom. The SMILES string of the molecule is CC(C)OC(=O)/C=C\C(=O)[O-].CC(C)OC(=O)/C=C\C(=O)[O-].[CH3][Sn+2][CH3]. The Labute approximate surface area is 158 Å². The van der Waals surface area contributed by atoms with Crippen molar-refractivity contribution in [2.75, 3.05) is 0 Å². The van der Waals surface area contributed by atoms with Crippen molar-refractivity contribution < 1.29 is 38.9 Å². The van der Waals surface area contributed by atoms with E-state index in [-0.39, 0.29) is 33.4 Å². The maximum atomic E-state index is 10.6. The monoisotopic (exact) mass is 464 g/mol. The van der Waals surface area contributed by atoms with Gasteiger partial charge in [-0.2, -0.15) is 0 Å². The zero-order chi connectivity index (χ0) is 20.4. The number of hydrogen-bond acceptors (Lipinski definition) is 8. The molecule has 0 amide bonds. The van der Waals surface area contributed by atoms with Gasteiger partial charge in [0.2, 0.25) is 0 Å². The summed E-state index contributed by atoms with van der Waals surface area (Å²) in [5, 5.41) is 19.6. The van der Waals surface area contributed by atoms with E-state index in [2.05, 4.69) is 19.4 Å². The normalized spacial score (nSPS) is 9.60. The van der Waals surface area contributed by atoms with Crippen molar-refractivity contribution in [3.63, 3.8) is 0 Å². The molecule has 8 nitrogen and oxygen atoms in total. The third kappa shape index (κ3) is 34.5. The minimum atomic E-state index is -1.41. The predicted molar refractivity (Wildman–Crippen MR) is 88.2 cm³/mol. The van der Waals surface area contributed by atoms with Crippen molar-refractivity contribution >= 4 is 45.0 Å². The predicted octanol–water partition coefficient (Wildman–Crippen LogP) is -0.725. The molecular weight excluding hydrogens is 439 g/mol. The van der Waals surface area contributed by atoms with Crippen LogP contribution in [0.1, 0.15) is 27.7 Å². The summed E-state index contributed by atoms with van der Waals surface area (Å²) in [5.41, 5.74) is 0. The topological polar surface area (TPSA) is 133 Å². The van der Waals surface area contributed by atoms with Crippen LogP contribution in [0.25, 0.3) is 0 Å². The van der Waals surface area contributed by atoms with Gasteiger partial charge in [-0.15, -0.1) is 0 Å². The number of esters is 2. The van der Waals surface area contributed by atoms with Crippen molar-refractivity contribution in [1.29, 1.82) is 0 Å². The standard InChI is InChI=1S/2C7H10O4.2CH3.Sn/c2*1-5(2)11-7(10)4-3-6(8)9;;;/h2*3-5H,1-2H3,(H,8,9);2*1H3;/q;;;;+2/p-2/b2*4-3-;;;. The molecule has 0 aromatic heterocycles. The zero-order valence-electron chi connectivity index (χ0n) is 15.2. The van der Waals surface area contributed by atoms with E-state index in [9.17, 15) is 29.4 Å². The molecule has 0 aromatic rings. The number of rotatable bonds is 6. The van der Waals surface area contributed by atoms with E-state index in [1.54, 1.807) is 27.7 Å². The molecule has 25 heavy (non-hydrogen) atoms. The van der Waals surface area contributed by atoms with Gasteiger partial charge in [0.15, 0.2) is 0 Å². The second kappa shape index (κ2) is 18.5. The van der Waals surface area contributed by atoms with Crippen molar-refractivity contribution in [3.05, 3.63) is 24.3 Å². The first kappa shape index (κ1) is 28.0. The zero-order valence-corrected chi connectivity index (χ0v) is 18.1. The molecule has 140 valence electrons. The molecular formula is C16H24O8Sn. The van der Waals surface area contributed by atoms with E-state index >= 15 is 0 Å². The first-order valence-corrected chi connectivity index (χ1v) is 12.9. The van der Waals surface area contributed by atoms with Crippen LogP contribution in [0.15, 0.2) is 24.3 Å². The van der Waals surface area contributed by atoms with Gasteiger partial charge in [-0.3, -0.25) is 0 Å². The fraction of sp³-hybridized carbons (Fsp3) is 0.500. The van der Waals surface area contributed by atoms with Crippen LogP contribution in [-0.4, -0.2) is 57.2 Å². The Balaban J connectivity index is -0.000000334. The Morgan fingerprint density at radius 3 is 1.12 bits per heavy atom. The van der Waals surface area contributed by atoms with Gasteiger partial charge in [-0.05, 0) is 39.8 Å². The summed E-state index contributed by atoms with van der Waals surface area (Å²) < 4.78 is 9.17. The Kier molecular flexibility index (Phi) is 20.7. The molecule has 0 aromatic carbocycles. The van der Waals surface area contributed by atoms with Gasteiger partial charge >= 0.3 is 43.0 Å². The molecule has 0 aliphatic carbocycles. The fourth-order valence-electron chi connectivity index (χ4n) is 0.815. The molecule has 0 fully saturated rings. The van der Waals surface area contributed by atoms with Gasteiger partial charge in [0.25, 0.3) is 0 Å². The fourth-order valence-corrected chi connectivity index (χ4v) is 0.815. The number of ether oxygens (including phenoxy) is 2. The number of carbonyl (C=O) groups excluding carboxylic acids is 4. The van der Waals surface area contributed by atoms with Gasteiger partial charge in [-0.1, -0.05) is 0 Å². The molecule has 0 rings (SSSR count). The van der Waals surface area contributed by atoms with Crippen LogP contribution in [-0.2, 0) is 28.7 Å². The number of carboxylic acid groups (broad SMARTS) is 2. The first-order chi connectivity index (χ1) is 11.5. The van der Waals surface area contributed by atoms with Crippen LogP contribution in [0.5, 0.6) is 0 Å². The van der Waals surface area contributed by atoms with Crippen LogP contribution in [0.2, 0.25) is 9.88 Å². The summed E-state index contributed by atoms with van der Waals surface area (Å²) in [5.74, 6) is -4.18. The van der Waals surface area contributed by atoms with E-state index < -0.39 is 23.9 Å². The van der Waals surface area contributed by atoms with Gasteiger partial charge in [0.1, 0.15) is 0 Å². The van der Waals surface area contributed by atoms with Gasteiger partial charge in [0, 0.05) is 12.2 Å². The molecule has 0 unspecified atom stereocenters. The third-order valence-corrected chi connectivity index (χ3v) is 1.41. The first-order valence-electron chi connectivity index (χ1n) is 7.24. The third-order valence-electron chi connectivity index (χ3n) is 1.41. The maximum absolute atomic E-state index is 10.6. The Bertz CT molecular complexity index is 425.